The second-order valence-electron chi connectivity index (χ2n) is 5.80. The van der Waals surface area contributed by atoms with Gasteiger partial charge < -0.3 is 20.4 Å². The number of carboxylic acid groups (broad SMARTS) is 4. The standard InChI is InChI=1S/C14H22N2O8.2Na/c17-11(18)5-15(6-12(19)20)9-3-1-2-4-10(9)16(7-13(21)22)8-14(23)24;;/h9-10H,1-8H2,(H,17,18)(H,19,20)(H,21,22)(H,23,24);;/q;2*+1. The molecule has 0 aromatic heterocycles. The number of carboxylic acids is 4. The van der Waals surface area contributed by atoms with Crippen molar-refractivity contribution in [2.75, 3.05) is 26.2 Å². The molecule has 1 saturated carbocycles. The first-order valence-electron chi connectivity index (χ1n) is 7.56. The summed E-state index contributed by atoms with van der Waals surface area (Å²) >= 11 is 0. The van der Waals surface area contributed by atoms with Crippen LogP contribution in [0, 0.1) is 0 Å². The minimum atomic E-state index is -1.19. The van der Waals surface area contributed by atoms with Crippen molar-refractivity contribution >= 4 is 23.9 Å². The molecule has 0 saturated heterocycles. The molecular formula is C14H22N2Na2O8+2. The van der Waals surface area contributed by atoms with E-state index in [1.807, 2.05) is 0 Å². The number of hydrogen-bond acceptors (Lipinski definition) is 6. The normalized spacial score (nSPS) is 19.3. The minimum Gasteiger partial charge on any atom is -0.480 e. The van der Waals surface area contributed by atoms with Gasteiger partial charge in [0.1, 0.15) is 0 Å². The smallest absolute Gasteiger partial charge is 0.480 e. The Bertz CT molecular complexity index is 429. The van der Waals surface area contributed by atoms with Crippen LogP contribution in [-0.4, -0.2) is 92.4 Å². The summed E-state index contributed by atoms with van der Waals surface area (Å²) in [5, 5.41) is 36.0. The molecule has 0 radical (unpaired) electrons. The van der Waals surface area contributed by atoms with Gasteiger partial charge in [0, 0.05) is 12.1 Å². The maximum atomic E-state index is 11.0. The SMILES string of the molecule is O=C(O)CN(CC(=O)O)C1CCCCC1N(CC(=O)O)CC(=O)O.[Na+].[Na+]. The van der Waals surface area contributed by atoms with Crippen molar-refractivity contribution in [3.63, 3.8) is 0 Å². The number of rotatable bonds is 10. The third-order valence-corrected chi connectivity index (χ3v) is 3.99. The van der Waals surface area contributed by atoms with Gasteiger partial charge in [-0.3, -0.25) is 29.0 Å². The van der Waals surface area contributed by atoms with Crippen LogP contribution in [0.5, 0.6) is 0 Å². The number of carbonyl (C=O) groups is 4. The Balaban J connectivity index is 0. The van der Waals surface area contributed by atoms with Gasteiger partial charge in [-0.05, 0) is 12.8 Å². The van der Waals surface area contributed by atoms with Gasteiger partial charge in [0.15, 0.2) is 0 Å². The molecule has 1 rings (SSSR count). The van der Waals surface area contributed by atoms with E-state index in [4.69, 9.17) is 20.4 Å². The summed E-state index contributed by atoms with van der Waals surface area (Å²) < 4.78 is 0. The Kier molecular flexibility index (Phi) is 15.0. The van der Waals surface area contributed by atoms with Crippen molar-refractivity contribution in [3.8, 4) is 0 Å². The molecule has 0 bridgehead atoms. The van der Waals surface area contributed by atoms with E-state index in [0.717, 1.165) is 12.8 Å². The molecule has 1 fully saturated rings. The van der Waals surface area contributed by atoms with Crippen LogP contribution in [0.2, 0.25) is 0 Å². The molecule has 1 aliphatic carbocycles. The van der Waals surface area contributed by atoms with Gasteiger partial charge in [-0.2, -0.15) is 0 Å². The van der Waals surface area contributed by atoms with E-state index in [-0.39, 0.29) is 59.1 Å². The summed E-state index contributed by atoms with van der Waals surface area (Å²) in [4.78, 5) is 46.7. The molecule has 0 aliphatic heterocycles. The monoisotopic (exact) mass is 392 g/mol. The van der Waals surface area contributed by atoms with Crippen LogP contribution in [0.3, 0.4) is 0 Å². The molecule has 2 atom stereocenters. The van der Waals surface area contributed by atoms with Crippen molar-refractivity contribution in [1.82, 2.24) is 9.80 Å². The number of aliphatic carboxylic acids is 4. The fourth-order valence-electron chi connectivity index (χ4n) is 3.22. The molecule has 2 unspecified atom stereocenters. The second-order valence-corrected chi connectivity index (χ2v) is 5.80. The van der Waals surface area contributed by atoms with Crippen LogP contribution in [0.25, 0.3) is 0 Å². The van der Waals surface area contributed by atoms with Gasteiger partial charge in [-0.1, -0.05) is 12.8 Å². The Hall–Kier alpha value is -0.200. The summed E-state index contributed by atoms with van der Waals surface area (Å²) in [6.07, 6.45) is 2.46. The van der Waals surface area contributed by atoms with E-state index in [1.165, 1.54) is 9.80 Å². The number of hydrogen-bond donors (Lipinski definition) is 4. The summed E-state index contributed by atoms with van der Waals surface area (Å²) in [5.41, 5.74) is 0. The molecule has 10 nitrogen and oxygen atoms in total. The summed E-state index contributed by atoms with van der Waals surface area (Å²) in [6, 6.07) is -1.05. The van der Waals surface area contributed by atoms with E-state index in [9.17, 15) is 19.2 Å². The first-order chi connectivity index (χ1) is 11.2. The molecule has 0 heterocycles. The van der Waals surface area contributed by atoms with Gasteiger partial charge in [-0.25, -0.2) is 0 Å². The predicted octanol–water partition coefficient (Wildman–Crippen LogP) is -6.75. The van der Waals surface area contributed by atoms with E-state index in [0.29, 0.717) is 12.8 Å². The average molecular weight is 392 g/mol. The molecule has 0 amide bonds. The third kappa shape index (κ3) is 10.2. The van der Waals surface area contributed by atoms with Gasteiger partial charge in [0.05, 0.1) is 26.2 Å². The van der Waals surface area contributed by atoms with Crippen LogP contribution < -0.4 is 59.1 Å². The quantitative estimate of drug-likeness (QED) is 0.264. The molecule has 0 aromatic rings. The van der Waals surface area contributed by atoms with Crippen LogP contribution in [0.1, 0.15) is 25.7 Å². The molecule has 136 valence electrons. The van der Waals surface area contributed by atoms with E-state index in [1.54, 1.807) is 0 Å². The fraction of sp³-hybridized carbons (Fsp3) is 0.714. The molecule has 0 spiro atoms. The molecule has 0 aromatic carbocycles. The van der Waals surface area contributed by atoms with Crippen molar-refractivity contribution in [2.45, 2.75) is 37.8 Å². The van der Waals surface area contributed by atoms with E-state index in [2.05, 4.69) is 0 Å². The summed E-state index contributed by atoms with van der Waals surface area (Å²) in [7, 11) is 0. The van der Waals surface area contributed by atoms with Crippen molar-refractivity contribution in [1.29, 1.82) is 0 Å². The number of nitrogens with zero attached hydrogens (tertiary/aromatic N) is 2. The van der Waals surface area contributed by atoms with Gasteiger partial charge in [0.2, 0.25) is 0 Å². The zero-order chi connectivity index (χ0) is 18.3. The third-order valence-electron chi connectivity index (χ3n) is 3.99. The maximum absolute atomic E-state index is 11.0. The zero-order valence-corrected chi connectivity index (χ0v) is 19.1. The fourth-order valence-corrected chi connectivity index (χ4v) is 3.22. The van der Waals surface area contributed by atoms with Crippen molar-refractivity contribution in [3.05, 3.63) is 0 Å². The topological polar surface area (TPSA) is 156 Å². The predicted molar refractivity (Wildman–Crippen MR) is 79.7 cm³/mol. The van der Waals surface area contributed by atoms with Crippen LogP contribution in [0.4, 0.5) is 0 Å². The van der Waals surface area contributed by atoms with Crippen molar-refractivity contribution < 1.29 is 98.7 Å². The largest absolute Gasteiger partial charge is 1.00 e. The van der Waals surface area contributed by atoms with E-state index < -0.39 is 62.1 Å². The van der Waals surface area contributed by atoms with Gasteiger partial charge in [-0.15, -0.1) is 0 Å². The zero-order valence-electron chi connectivity index (χ0n) is 15.1. The van der Waals surface area contributed by atoms with E-state index >= 15 is 0 Å². The molecular weight excluding hydrogens is 370 g/mol. The minimum absolute atomic E-state index is 0. The Morgan fingerprint density at radius 1 is 0.615 bits per heavy atom. The van der Waals surface area contributed by atoms with Gasteiger partial charge in [0.25, 0.3) is 0 Å². The Labute approximate surface area is 195 Å². The first-order valence-corrected chi connectivity index (χ1v) is 7.56. The van der Waals surface area contributed by atoms with Crippen LogP contribution in [0.15, 0.2) is 0 Å². The molecule has 4 N–H and O–H groups in total. The Morgan fingerprint density at radius 3 is 1.04 bits per heavy atom. The summed E-state index contributed by atoms with van der Waals surface area (Å²) in [5.74, 6) is -4.76. The van der Waals surface area contributed by atoms with Crippen molar-refractivity contribution in [2.24, 2.45) is 0 Å². The molecule has 12 heteroatoms. The second kappa shape index (κ2) is 13.9. The van der Waals surface area contributed by atoms with Gasteiger partial charge >= 0.3 is 83.0 Å². The summed E-state index contributed by atoms with van der Waals surface area (Å²) in [6.45, 7) is -1.99. The maximum Gasteiger partial charge on any atom is 1.00 e. The first kappa shape index (κ1) is 28.0. The molecule has 1 aliphatic rings. The van der Waals surface area contributed by atoms with Crippen LogP contribution >= 0.6 is 0 Å². The molecule has 26 heavy (non-hydrogen) atoms. The Morgan fingerprint density at radius 2 is 0.846 bits per heavy atom. The van der Waals surface area contributed by atoms with Crippen LogP contribution in [-0.2, 0) is 19.2 Å². The average Bonchev–Trinajstić information content (AvgIpc) is 2.44.